The van der Waals surface area contributed by atoms with Gasteiger partial charge in [0, 0.05) is 35.9 Å². The molecule has 9 nitrogen and oxygen atoms in total. The number of amides is 2. The van der Waals surface area contributed by atoms with Crippen LogP contribution < -0.4 is 26.3 Å². The van der Waals surface area contributed by atoms with Gasteiger partial charge < -0.3 is 31.0 Å². The SMILES string of the molecule is CCOC(C(=O)NCc1ccc(C(=N)N)cc1O[C@@H](C)C(N)=O)c1ccc(OC)cc1F.Cl. The summed E-state index contributed by atoms with van der Waals surface area (Å²) in [4.78, 5) is 24.2. The van der Waals surface area contributed by atoms with Crippen LogP contribution in [0.5, 0.6) is 11.5 Å². The first kappa shape index (κ1) is 27.7. The van der Waals surface area contributed by atoms with Gasteiger partial charge in [-0.05, 0) is 32.0 Å². The molecule has 180 valence electrons. The maximum Gasteiger partial charge on any atom is 0.258 e. The molecule has 0 saturated heterocycles. The van der Waals surface area contributed by atoms with E-state index in [2.05, 4.69) is 5.32 Å². The third kappa shape index (κ3) is 7.33. The lowest BCUT2D eigenvalue weighted by Crippen LogP contribution is -2.33. The first-order chi connectivity index (χ1) is 15.2. The zero-order valence-corrected chi connectivity index (χ0v) is 19.3. The van der Waals surface area contributed by atoms with E-state index in [9.17, 15) is 14.0 Å². The highest BCUT2D eigenvalue weighted by atomic mass is 35.5. The van der Waals surface area contributed by atoms with E-state index in [1.165, 1.54) is 38.3 Å². The fraction of sp³-hybridized carbons (Fsp3) is 0.318. The monoisotopic (exact) mass is 482 g/mol. The number of benzene rings is 2. The molecule has 0 saturated carbocycles. The molecule has 0 radical (unpaired) electrons. The van der Waals surface area contributed by atoms with Gasteiger partial charge in [0.15, 0.2) is 12.2 Å². The Labute approximate surface area is 197 Å². The van der Waals surface area contributed by atoms with E-state index in [-0.39, 0.29) is 42.7 Å². The molecule has 11 heteroatoms. The Morgan fingerprint density at radius 2 is 1.88 bits per heavy atom. The molecule has 1 unspecified atom stereocenters. The van der Waals surface area contributed by atoms with Gasteiger partial charge in [-0.1, -0.05) is 12.1 Å². The van der Waals surface area contributed by atoms with Gasteiger partial charge in [-0.15, -0.1) is 12.4 Å². The van der Waals surface area contributed by atoms with Crippen LogP contribution in [0, 0.1) is 11.2 Å². The summed E-state index contributed by atoms with van der Waals surface area (Å²) in [7, 11) is 1.41. The zero-order chi connectivity index (χ0) is 23.8. The largest absolute Gasteiger partial charge is 0.497 e. The normalized spacial score (nSPS) is 12.1. The molecule has 6 N–H and O–H groups in total. The van der Waals surface area contributed by atoms with E-state index < -0.39 is 29.8 Å². The summed E-state index contributed by atoms with van der Waals surface area (Å²) in [5, 5.41) is 10.3. The molecular weight excluding hydrogens is 455 g/mol. The summed E-state index contributed by atoms with van der Waals surface area (Å²) >= 11 is 0. The lowest BCUT2D eigenvalue weighted by Gasteiger charge is -2.20. The molecule has 0 aliphatic heterocycles. The van der Waals surface area contributed by atoms with E-state index >= 15 is 0 Å². The third-order valence-electron chi connectivity index (χ3n) is 4.60. The molecule has 0 spiro atoms. The standard InChI is InChI=1S/C22H27FN4O5.ClH/c1-4-31-19(16-8-7-15(30-3)10-17(16)23)22(29)27-11-14-6-5-13(20(24)25)9-18(14)32-12(2)21(26)28;/h5-10,12,19H,4,11H2,1-3H3,(H3,24,25)(H2,26,28)(H,27,29);1H/t12-,19?;/m0./s1. The number of nitrogens with two attached hydrogens (primary N) is 2. The van der Waals surface area contributed by atoms with Gasteiger partial charge in [0.2, 0.25) is 0 Å². The van der Waals surface area contributed by atoms with Gasteiger partial charge in [-0.25, -0.2) is 4.39 Å². The number of nitrogens with one attached hydrogen (secondary N) is 2. The first-order valence-corrected chi connectivity index (χ1v) is 9.83. The van der Waals surface area contributed by atoms with Crippen LogP contribution in [0.25, 0.3) is 0 Å². The van der Waals surface area contributed by atoms with Gasteiger partial charge >= 0.3 is 0 Å². The van der Waals surface area contributed by atoms with Crippen LogP contribution in [0.3, 0.4) is 0 Å². The maximum atomic E-state index is 14.5. The first-order valence-electron chi connectivity index (χ1n) is 9.83. The maximum absolute atomic E-state index is 14.5. The second-order valence-corrected chi connectivity index (χ2v) is 6.84. The molecule has 2 aromatic rings. The summed E-state index contributed by atoms with van der Waals surface area (Å²) in [5.74, 6) is -1.53. The number of halogens is 2. The molecule has 0 fully saturated rings. The number of hydrogen-bond donors (Lipinski definition) is 4. The minimum atomic E-state index is -1.18. The Morgan fingerprint density at radius 3 is 2.42 bits per heavy atom. The number of rotatable bonds is 11. The summed E-state index contributed by atoms with van der Waals surface area (Å²) in [6.45, 7) is 3.34. The Bertz CT molecular complexity index is 1000. The summed E-state index contributed by atoms with van der Waals surface area (Å²) < 4.78 is 30.6. The van der Waals surface area contributed by atoms with Crippen molar-refractivity contribution in [2.24, 2.45) is 11.5 Å². The number of ether oxygens (including phenoxy) is 3. The van der Waals surface area contributed by atoms with Crippen LogP contribution in [-0.2, 0) is 20.9 Å². The Balaban J connectivity index is 0.00000544. The molecule has 2 rings (SSSR count). The van der Waals surface area contributed by atoms with Crippen molar-refractivity contribution in [1.82, 2.24) is 5.32 Å². The molecule has 2 atom stereocenters. The van der Waals surface area contributed by atoms with Crippen LogP contribution in [0.2, 0.25) is 0 Å². The molecule has 2 aromatic carbocycles. The smallest absolute Gasteiger partial charge is 0.258 e. The summed E-state index contributed by atoms with van der Waals surface area (Å²) in [6.07, 6.45) is -2.13. The van der Waals surface area contributed by atoms with Crippen molar-refractivity contribution in [3.8, 4) is 11.5 Å². The fourth-order valence-corrected chi connectivity index (χ4v) is 2.82. The number of primary amides is 1. The molecule has 33 heavy (non-hydrogen) atoms. The third-order valence-corrected chi connectivity index (χ3v) is 4.60. The lowest BCUT2D eigenvalue weighted by molar-refractivity contribution is -0.133. The second kappa shape index (κ2) is 12.6. The van der Waals surface area contributed by atoms with E-state index in [4.69, 9.17) is 31.1 Å². The molecular formula is C22H28ClFN4O5. The average molecular weight is 483 g/mol. The predicted octanol–water partition coefficient (Wildman–Crippen LogP) is 2.19. The Hall–Kier alpha value is -3.37. The lowest BCUT2D eigenvalue weighted by atomic mass is 10.1. The number of hydrogen-bond acceptors (Lipinski definition) is 6. The number of carbonyl (C=O) groups is 2. The molecule has 0 aliphatic carbocycles. The van der Waals surface area contributed by atoms with Crippen molar-refractivity contribution in [3.05, 3.63) is 58.9 Å². The molecule has 0 bridgehead atoms. The van der Waals surface area contributed by atoms with Crippen molar-refractivity contribution in [1.29, 1.82) is 5.41 Å². The number of nitrogen functional groups attached to an aromatic ring is 1. The van der Waals surface area contributed by atoms with Gasteiger partial charge in [0.05, 0.1) is 7.11 Å². The number of carbonyl (C=O) groups excluding carboxylic acids is 2. The number of amidine groups is 1. The van der Waals surface area contributed by atoms with Crippen molar-refractivity contribution in [3.63, 3.8) is 0 Å². The highest BCUT2D eigenvalue weighted by Crippen LogP contribution is 2.26. The highest BCUT2D eigenvalue weighted by molar-refractivity contribution is 5.95. The summed E-state index contributed by atoms with van der Waals surface area (Å²) in [5.41, 5.74) is 11.7. The van der Waals surface area contributed by atoms with Gasteiger partial charge in [-0.3, -0.25) is 15.0 Å². The Morgan fingerprint density at radius 1 is 1.18 bits per heavy atom. The Kier molecular flexibility index (Phi) is 10.6. The molecule has 0 aliphatic rings. The van der Waals surface area contributed by atoms with Crippen LogP contribution in [-0.4, -0.2) is 37.5 Å². The van der Waals surface area contributed by atoms with E-state index in [0.29, 0.717) is 16.9 Å². The highest BCUT2D eigenvalue weighted by Gasteiger charge is 2.25. The predicted molar refractivity (Wildman–Crippen MR) is 123 cm³/mol. The molecule has 0 heterocycles. The van der Waals surface area contributed by atoms with E-state index in [1.807, 2.05) is 0 Å². The van der Waals surface area contributed by atoms with Crippen molar-refractivity contribution in [2.45, 2.75) is 32.6 Å². The summed E-state index contributed by atoms with van der Waals surface area (Å²) in [6, 6.07) is 8.80. The molecule has 2 amide bonds. The van der Waals surface area contributed by atoms with Crippen LogP contribution in [0.1, 0.15) is 36.6 Å². The van der Waals surface area contributed by atoms with Gasteiger partial charge in [0.1, 0.15) is 23.2 Å². The van der Waals surface area contributed by atoms with Gasteiger partial charge in [-0.2, -0.15) is 0 Å². The number of methoxy groups -OCH3 is 1. The minimum absolute atomic E-state index is 0. The topological polar surface area (TPSA) is 150 Å². The van der Waals surface area contributed by atoms with E-state index in [0.717, 1.165) is 0 Å². The van der Waals surface area contributed by atoms with Crippen molar-refractivity contribution < 1.29 is 28.2 Å². The van der Waals surface area contributed by atoms with E-state index in [1.54, 1.807) is 19.1 Å². The zero-order valence-electron chi connectivity index (χ0n) is 18.5. The average Bonchev–Trinajstić information content (AvgIpc) is 2.76. The van der Waals surface area contributed by atoms with Crippen molar-refractivity contribution in [2.75, 3.05) is 13.7 Å². The van der Waals surface area contributed by atoms with Gasteiger partial charge in [0.25, 0.3) is 11.8 Å². The second-order valence-electron chi connectivity index (χ2n) is 6.84. The van der Waals surface area contributed by atoms with Crippen LogP contribution in [0.15, 0.2) is 36.4 Å². The van der Waals surface area contributed by atoms with Crippen LogP contribution in [0.4, 0.5) is 4.39 Å². The molecule has 0 aromatic heterocycles. The van der Waals surface area contributed by atoms with Crippen LogP contribution >= 0.6 is 12.4 Å². The quantitative estimate of drug-likeness (QED) is 0.285. The minimum Gasteiger partial charge on any atom is -0.497 e. The fourth-order valence-electron chi connectivity index (χ4n) is 2.82. The van der Waals surface area contributed by atoms with Crippen molar-refractivity contribution >= 4 is 30.1 Å².